The highest BCUT2D eigenvalue weighted by Gasteiger charge is 2.44. The van der Waals surface area contributed by atoms with Crippen LogP contribution in [0.3, 0.4) is 0 Å². The van der Waals surface area contributed by atoms with Gasteiger partial charge in [-0.1, -0.05) is 0 Å². The molecule has 0 radical (unpaired) electrons. The number of nitrogens with one attached hydrogen (secondary N) is 1. The molecule has 0 aromatic carbocycles. The van der Waals surface area contributed by atoms with E-state index in [1.54, 1.807) is 0 Å². The number of imide groups is 1. The fraction of sp³-hybridized carbons (Fsp3) is 0.385. The van der Waals surface area contributed by atoms with E-state index in [-0.39, 0.29) is 17.4 Å². The van der Waals surface area contributed by atoms with Crippen LogP contribution in [-0.2, 0) is 9.53 Å². The van der Waals surface area contributed by atoms with Gasteiger partial charge in [0.1, 0.15) is 31.0 Å². The second-order valence-electron chi connectivity index (χ2n) is 5.56. The molecule has 6 N–H and O–H groups in total. The van der Waals surface area contributed by atoms with E-state index >= 15 is 0 Å². The molecule has 4 atom stereocenters. The Labute approximate surface area is 155 Å². The number of aliphatic hydroxyl groups is 3. The van der Waals surface area contributed by atoms with E-state index < -0.39 is 49.0 Å². The molecule has 0 spiro atoms. The number of aromatic nitrogens is 3. The van der Waals surface area contributed by atoms with E-state index in [1.807, 2.05) is 5.32 Å². The number of fused-ring (bicyclic) bond motifs is 1. The van der Waals surface area contributed by atoms with Crippen molar-refractivity contribution < 1.29 is 34.4 Å². The Bertz CT molecular complexity index is 906. The summed E-state index contributed by atoms with van der Waals surface area (Å²) < 4.78 is 6.25. The predicted octanol–water partition coefficient (Wildman–Crippen LogP) is -3.89. The molecule has 1 saturated heterocycles. The normalized spacial score (nSPS) is 28.1. The van der Waals surface area contributed by atoms with Gasteiger partial charge >= 0.3 is 6.03 Å². The minimum absolute atomic E-state index is 0.0961. The van der Waals surface area contributed by atoms with Gasteiger partial charge in [0.25, 0.3) is 11.8 Å². The lowest BCUT2D eigenvalue weighted by Gasteiger charge is -2.13. The van der Waals surface area contributed by atoms with Crippen LogP contribution in [0.2, 0.25) is 0 Å². The number of urea groups is 1. The number of nitrogens with two attached hydrogens (primary N) is 1. The van der Waals surface area contributed by atoms with Gasteiger partial charge in [-0.25, -0.2) is 24.4 Å². The minimum atomic E-state index is -1.27. The minimum Gasteiger partial charge on any atom is -0.394 e. The van der Waals surface area contributed by atoms with E-state index in [9.17, 15) is 24.6 Å². The van der Waals surface area contributed by atoms with Crippen LogP contribution in [0.4, 0.5) is 4.79 Å². The zero-order chi connectivity index (χ0) is 20.4. The van der Waals surface area contributed by atoms with Crippen LogP contribution in [0.5, 0.6) is 0 Å². The Morgan fingerprint density at radius 1 is 1.32 bits per heavy atom. The van der Waals surface area contributed by atoms with Gasteiger partial charge in [0, 0.05) is 0 Å². The highest BCUT2D eigenvalue weighted by molar-refractivity contribution is 6.71. The molecule has 0 aliphatic carbocycles. The summed E-state index contributed by atoms with van der Waals surface area (Å²) in [5.41, 5.74) is 5.07. The fourth-order valence-corrected chi connectivity index (χ4v) is 2.39. The number of carbonyl (C=O) groups is 3. The van der Waals surface area contributed by atoms with Crippen molar-refractivity contribution in [3.05, 3.63) is 12.2 Å². The van der Waals surface area contributed by atoms with Crippen molar-refractivity contribution in [3.63, 3.8) is 0 Å². The SMILES string of the molecule is NC(=O)c1ncn([C@@H]2O[C@H](CO)[C@@H](O)[C@H]2O)n1.O=C1N=C2N=CN=C2C(=O)N1. The Kier molecular flexibility index (Phi) is 5.32. The summed E-state index contributed by atoms with van der Waals surface area (Å²) >= 11 is 0. The molecule has 4 heterocycles. The molecule has 148 valence electrons. The molecule has 0 saturated carbocycles. The van der Waals surface area contributed by atoms with Gasteiger partial charge in [-0.05, 0) is 0 Å². The Morgan fingerprint density at radius 2 is 2.07 bits per heavy atom. The van der Waals surface area contributed by atoms with Crippen LogP contribution in [0.1, 0.15) is 16.8 Å². The van der Waals surface area contributed by atoms with Gasteiger partial charge in [0.05, 0.1) is 6.61 Å². The van der Waals surface area contributed by atoms with Crippen LogP contribution in [0, 0.1) is 0 Å². The number of aliphatic imine (C=N–C) groups is 3. The molecule has 15 nitrogen and oxygen atoms in total. The average Bonchev–Trinajstić information content (AvgIpc) is 3.36. The summed E-state index contributed by atoms with van der Waals surface area (Å²) in [6, 6.07) is -0.692. The smallest absolute Gasteiger partial charge is 0.350 e. The van der Waals surface area contributed by atoms with Crippen molar-refractivity contribution in [1.29, 1.82) is 0 Å². The van der Waals surface area contributed by atoms with E-state index in [2.05, 4.69) is 25.1 Å². The van der Waals surface area contributed by atoms with Gasteiger partial charge in [0.15, 0.2) is 17.8 Å². The van der Waals surface area contributed by atoms with Gasteiger partial charge in [-0.2, -0.15) is 4.99 Å². The number of amides is 4. The first-order chi connectivity index (χ1) is 13.3. The third-order valence-corrected chi connectivity index (χ3v) is 3.73. The molecule has 3 aliphatic rings. The van der Waals surface area contributed by atoms with Crippen molar-refractivity contribution >= 4 is 35.7 Å². The van der Waals surface area contributed by atoms with Crippen LogP contribution in [-0.4, -0.2) is 90.7 Å². The lowest BCUT2D eigenvalue weighted by molar-refractivity contribution is -0.113. The summed E-state index contributed by atoms with van der Waals surface area (Å²) in [4.78, 5) is 46.4. The molecule has 28 heavy (non-hydrogen) atoms. The van der Waals surface area contributed by atoms with Crippen molar-refractivity contribution in [1.82, 2.24) is 20.1 Å². The van der Waals surface area contributed by atoms with E-state index in [0.29, 0.717) is 0 Å². The maximum absolute atomic E-state index is 10.9. The summed E-state index contributed by atoms with van der Waals surface area (Å²) in [5, 5.41) is 33.8. The summed E-state index contributed by atoms with van der Waals surface area (Å²) in [6.45, 7) is -0.438. The molecule has 0 bridgehead atoms. The number of primary amides is 1. The maximum atomic E-state index is 10.9. The largest absolute Gasteiger partial charge is 0.394 e. The van der Waals surface area contributed by atoms with E-state index in [1.165, 1.54) is 6.34 Å². The van der Waals surface area contributed by atoms with Crippen molar-refractivity contribution in [2.75, 3.05) is 6.61 Å². The van der Waals surface area contributed by atoms with Gasteiger partial charge < -0.3 is 25.8 Å². The number of hydrogen-bond donors (Lipinski definition) is 5. The highest BCUT2D eigenvalue weighted by Crippen LogP contribution is 2.28. The van der Waals surface area contributed by atoms with Gasteiger partial charge in [0.2, 0.25) is 5.82 Å². The third-order valence-electron chi connectivity index (χ3n) is 3.73. The van der Waals surface area contributed by atoms with E-state index in [0.717, 1.165) is 11.0 Å². The lowest BCUT2D eigenvalue weighted by atomic mass is 10.1. The summed E-state index contributed by atoms with van der Waals surface area (Å²) in [7, 11) is 0. The number of hydrogen-bond acceptors (Lipinski definition) is 11. The summed E-state index contributed by atoms with van der Waals surface area (Å²) in [5.74, 6) is -1.48. The number of amidine groups is 1. The second kappa shape index (κ2) is 7.69. The van der Waals surface area contributed by atoms with Crippen molar-refractivity contribution in [2.24, 2.45) is 20.7 Å². The zero-order valence-electron chi connectivity index (χ0n) is 13.9. The van der Waals surface area contributed by atoms with E-state index in [4.69, 9.17) is 15.6 Å². The van der Waals surface area contributed by atoms with Crippen LogP contribution >= 0.6 is 0 Å². The highest BCUT2D eigenvalue weighted by atomic mass is 16.6. The Hall–Kier alpha value is -3.40. The number of aliphatic hydroxyl groups excluding tert-OH is 3. The molecule has 0 unspecified atom stereocenters. The number of rotatable bonds is 3. The third kappa shape index (κ3) is 3.67. The monoisotopic (exact) mass is 394 g/mol. The Balaban J connectivity index is 0.000000176. The molecular formula is C13H14N8O7. The first kappa shape index (κ1) is 19.4. The molecule has 1 fully saturated rings. The maximum Gasteiger partial charge on any atom is 0.350 e. The first-order valence-corrected chi connectivity index (χ1v) is 7.70. The number of carbonyl (C=O) groups excluding carboxylic acids is 3. The zero-order valence-corrected chi connectivity index (χ0v) is 13.9. The van der Waals surface area contributed by atoms with Crippen LogP contribution in [0.15, 0.2) is 21.3 Å². The summed E-state index contributed by atoms with van der Waals surface area (Å²) in [6.07, 6.45) is -2.08. The van der Waals surface area contributed by atoms with Gasteiger partial charge in [-0.15, -0.1) is 5.10 Å². The number of ether oxygens (including phenoxy) is 1. The topological polar surface area (TPSA) is 227 Å². The molecule has 3 aliphatic heterocycles. The molecular weight excluding hydrogens is 380 g/mol. The molecule has 15 heteroatoms. The molecule has 1 aromatic heterocycles. The van der Waals surface area contributed by atoms with Crippen molar-refractivity contribution in [2.45, 2.75) is 24.5 Å². The standard InChI is InChI=1S/C8H12N4O5.C5H2N4O2/c9-6(16)7-10-2-12(11-7)8-5(15)4(14)3(1-13)17-8;10-4-2-3(7-1-6-2)8-5(11)9-4/h2-5,8,13-15H,1H2,(H2,9,16);1H,(H,9,10,11)/t3-,4-,5-,8-;/m1./s1. The fourth-order valence-electron chi connectivity index (χ4n) is 2.39. The van der Waals surface area contributed by atoms with Crippen LogP contribution < -0.4 is 11.1 Å². The predicted molar refractivity (Wildman–Crippen MR) is 88.5 cm³/mol. The van der Waals surface area contributed by atoms with Crippen molar-refractivity contribution in [3.8, 4) is 0 Å². The second-order valence-corrected chi connectivity index (χ2v) is 5.56. The quantitative estimate of drug-likeness (QED) is 0.337. The first-order valence-electron chi connectivity index (χ1n) is 7.70. The lowest BCUT2D eigenvalue weighted by Crippen LogP contribution is -2.41. The Morgan fingerprint density at radius 3 is 2.68 bits per heavy atom. The van der Waals surface area contributed by atoms with Gasteiger partial charge in [-0.3, -0.25) is 14.9 Å². The van der Waals surface area contributed by atoms with Crippen LogP contribution in [0.25, 0.3) is 0 Å². The molecule has 4 amide bonds. The molecule has 1 aromatic rings. The number of nitrogens with zero attached hydrogens (tertiary/aromatic N) is 6. The average molecular weight is 394 g/mol. The molecule has 4 rings (SSSR count).